The molecule has 5 heteroatoms. The molecule has 0 bridgehead atoms. The molecule has 1 fully saturated rings. The van der Waals surface area contributed by atoms with E-state index >= 15 is 0 Å². The van der Waals surface area contributed by atoms with Crippen LogP contribution < -0.4 is 4.90 Å². The van der Waals surface area contributed by atoms with Crippen molar-refractivity contribution < 1.29 is 5.11 Å². The number of aromatic nitrogens is 3. The molecule has 1 aliphatic rings. The van der Waals surface area contributed by atoms with Crippen LogP contribution in [0.2, 0.25) is 0 Å². The normalized spacial score (nSPS) is 16.8. The van der Waals surface area contributed by atoms with E-state index in [1.54, 1.807) is 0 Å². The average Bonchev–Trinajstić information content (AvgIpc) is 3.02. The fraction of sp³-hybridized carbons (Fsp3) is 0.429. The molecule has 0 unspecified atom stereocenters. The molecule has 100 valence electrons. The summed E-state index contributed by atoms with van der Waals surface area (Å²) in [6, 6.07) is 6.01. The summed E-state index contributed by atoms with van der Waals surface area (Å²) >= 11 is 0. The van der Waals surface area contributed by atoms with Crippen molar-refractivity contribution in [3.05, 3.63) is 30.6 Å². The minimum atomic E-state index is 0.298. The summed E-state index contributed by atoms with van der Waals surface area (Å²) < 4.78 is 0. The second-order valence-electron chi connectivity index (χ2n) is 4.99. The van der Waals surface area contributed by atoms with E-state index in [2.05, 4.69) is 20.1 Å². The van der Waals surface area contributed by atoms with Gasteiger partial charge in [-0.25, -0.2) is 0 Å². The largest absolute Gasteiger partial charge is 0.396 e. The minimum absolute atomic E-state index is 0.298. The third kappa shape index (κ3) is 2.61. The van der Waals surface area contributed by atoms with Crippen molar-refractivity contribution in [3.8, 4) is 11.3 Å². The van der Waals surface area contributed by atoms with Crippen molar-refractivity contribution in [1.82, 2.24) is 15.2 Å². The van der Waals surface area contributed by atoms with Gasteiger partial charge in [-0.15, -0.1) is 10.2 Å². The number of anilines is 1. The highest BCUT2D eigenvalue weighted by Crippen LogP contribution is 2.22. The lowest BCUT2D eigenvalue weighted by Crippen LogP contribution is -2.35. The zero-order valence-electron chi connectivity index (χ0n) is 10.8. The number of hydrogen-bond acceptors (Lipinski definition) is 4. The molecule has 1 saturated heterocycles. The van der Waals surface area contributed by atoms with Gasteiger partial charge in [0.1, 0.15) is 0 Å². The van der Waals surface area contributed by atoms with E-state index in [0.717, 1.165) is 43.0 Å². The van der Waals surface area contributed by atoms with Crippen LogP contribution in [0, 0.1) is 5.92 Å². The van der Waals surface area contributed by atoms with Gasteiger partial charge in [0, 0.05) is 37.7 Å². The third-order valence-electron chi connectivity index (χ3n) is 3.74. The van der Waals surface area contributed by atoms with Gasteiger partial charge in [-0.05, 0) is 37.0 Å². The molecule has 2 aromatic rings. The number of aliphatic hydroxyl groups excluding tert-OH is 1. The molecule has 2 N–H and O–H groups in total. The fourth-order valence-corrected chi connectivity index (χ4v) is 2.48. The highest BCUT2D eigenvalue weighted by atomic mass is 16.3. The molecule has 0 spiro atoms. The van der Waals surface area contributed by atoms with Crippen molar-refractivity contribution >= 4 is 5.82 Å². The number of rotatable bonds is 3. The van der Waals surface area contributed by atoms with E-state index in [9.17, 15) is 0 Å². The predicted octanol–water partition coefficient (Wildman–Crippen LogP) is 1.68. The van der Waals surface area contributed by atoms with Crippen LogP contribution in [0.3, 0.4) is 0 Å². The molecule has 2 aromatic heterocycles. The van der Waals surface area contributed by atoms with Gasteiger partial charge in [-0.2, -0.15) is 0 Å². The van der Waals surface area contributed by atoms with Crippen LogP contribution in [0.4, 0.5) is 5.82 Å². The maximum absolute atomic E-state index is 9.14. The van der Waals surface area contributed by atoms with E-state index < -0.39 is 0 Å². The molecule has 3 rings (SSSR count). The van der Waals surface area contributed by atoms with Gasteiger partial charge >= 0.3 is 0 Å². The van der Waals surface area contributed by atoms with Crippen LogP contribution in [0.15, 0.2) is 30.6 Å². The molecule has 0 saturated carbocycles. The Kier molecular flexibility index (Phi) is 3.46. The quantitative estimate of drug-likeness (QED) is 0.879. The Morgan fingerprint density at radius 1 is 1.21 bits per heavy atom. The zero-order valence-corrected chi connectivity index (χ0v) is 10.8. The number of piperidine rings is 1. The molecule has 0 aliphatic carbocycles. The van der Waals surface area contributed by atoms with Crippen LogP contribution in [-0.4, -0.2) is 40.0 Å². The third-order valence-corrected chi connectivity index (χ3v) is 3.74. The van der Waals surface area contributed by atoms with Crippen LogP contribution in [-0.2, 0) is 0 Å². The van der Waals surface area contributed by atoms with E-state index in [4.69, 9.17) is 5.11 Å². The van der Waals surface area contributed by atoms with Gasteiger partial charge in [0.15, 0.2) is 5.82 Å². The molecule has 3 heterocycles. The smallest absolute Gasteiger partial charge is 0.151 e. The maximum Gasteiger partial charge on any atom is 0.151 e. The summed E-state index contributed by atoms with van der Waals surface area (Å²) in [5.74, 6) is 1.37. The summed E-state index contributed by atoms with van der Waals surface area (Å²) in [5, 5.41) is 17.7. The van der Waals surface area contributed by atoms with Crippen molar-refractivity contribution in [2.75, 3.05) is 24.6 Å². The topological polar surface area (TPSA) is 65.0 Å². The molecule has 0 radical (unpaired) electrons. The molecule has 19 heavy (non-hydrogen) atoms. The molecule has 0 amide bonds. The van der Waals surface area contributed by atoms with Gasteiger partial charge < -0.3 is 15.0 Å². The highest BCUT2D eigenvalue weighted by Gasteiger charge is 2.19. The molecule has 0 aromatic carbocycles. The zero-order chi connectivity index (χ0) is 13.1. The highest BCUT2D eigenvalue weighted by molar-refractivity contribution is 5.58. The number of nitrogens with one attached hydrogen (secondary N) is 1. The van der Waals surface area contributed by atoms with E-state index in [0.29, 0.717) is 12.5 Å². The predicted molar refractivity (Wildman–Crippen MR) is 73.8 cm³/mol. The lowest BCUT2D eigenvalue weighted by molar-refractivity contribution is 0.202. The van der Waals surface area contributed by atoms with Crippen molar-refractivity contribution in [2.45, 2.75) is 12.8 Å². The molecular weight excluding hydrogens is 240 g/mol. The number of hydrogen-bond donors (Lipinski definition) is 2. The number of aromatic amines is 1. The molecule has 0 atom stereocenters. The standard InChI is InChI=1S/C14H18N4O/c19-10-11-4-7-18(8-5-11)14-2-1-13(16-17-14)12-3-6-15-9-12/h1-3,6,9,11,15,19H,4-5,7-8,10H2. The Hall–Kier alpha value is -1.88. The SMILES string of the molecule is OCC1CCN(c2ccc(-c3cc[nH]c3)nn2)CC1. The second kappa shape index (κ2) is 5.40. The Bertz CT molecular complexity index is 501. The van der Waals surface area contributed by atoms with Crippen molar-refractivity contribution in [3.63, 3.8) is 0 Å². The van der Waals surface area contributed by atoms with Crippen LogP contribution >= 0.6 is 0 Å². The van der Waals surface area contributed by atoms with E-state index in [1.807, 2.05) is 30.6 Å². The average molecular weight is 258 g/mol. The monoisotopic (exact) mass is 258 g/mol. The fourth-order valence-electron chi connectivity index (χ4n) is 2.48. The molecular formula is C14H18N4O. The summed E-state index contributed by atoms with van der Waals surface area (Å²) in [6.07, 6.45) is 5.84. The van der Waals surface area contributed by atoms with Crippen LogP contribution in [0.5, 0.6) is 0 Å². The number of aliphatic hydroxyl groups is 1. The lowest BCUT2D eigenvalue weighted by Gasteiger charge is -2.31. The van der Waals surface area contributed by atoms with Gasteiger partial charge in [-0.3, -0.25) is 0 Å². The minimum Gasteiger partial charge on any atom is -0.396 e. The Morgan fingerprint density at radius 2 is 2.05 bits per heavy atom. The van der Waals surface area contributed by atoms with Crippen LogP contribution in [0.1, 0.15) is 12.8 Å². The first kappa shape index (κ1) is 12.2. The van der Waals surface area contributed by atoms with Gasteiger partial charge in [0.05, 0.1) is 5.69 Å². The van der Waals surface area contributed by atoms with Gasteiger partial charge in [0.25, 0.3) is 0 Å². The molecule has 5 nitrogen and oxygen atoms in total. The van der Waals surface area contributed by atoms with E-state index in [-0.39, 0.29) is 0 Å². The summed E-state index contributed by atoms with van der Waals surface area (Å²) in [7, 11) is 0. The van der Waals surface area contributed by atoms with Crippen molar-refractivity contribution in [1.29, 1.82) is 0 Å². The maximum atomic E-state index is 9.14. The second-order valence-corrected chi connectivity index (χ2v) is 4.99. The van der Waals surface area contributed by atoms with Crippen molar-refractivity contribution in [2.24, 2.45) is 5.92 Å². The van der Waals surface area contributed by atoms with E-state index in [1.165, 1.54) is 0 Å². The molecule has 1 aliphatic heterocycles. The summed E-state index contributed by atoms with van der Waals surface area (Å²) in [4.78, 5) is 5.25. The first-order valence-corrected chi connectivity index (χ1v) is 6.69. The Balaban J connectivity index is 1.70. The van der Waals surface area contributed by atoms with Gasteiger partial charge in [-0.1, -0.05) is 0 Å². The number of nitrogens with zero attached hydrogens (tertiary/aromatic N) is 3. The Labute approximate surface area is 112 Å². The first-order valence-electron chi connectivity index (χ1n) is 6.69. The van der Waals surface area contributed by atoms with Crippen LogP contribution in [0.25, 0.3) is 11.3 Å². The first-order chi connectivity index (χ1) is 9.36. The summed E-state index contributed by atoms with van der Waals surface area (Å²) in [6.45, 7) is 2.19. The number of H-pyrrole nitrogens is 1. The lowest BCUT2D eigenvalue weighted by atomic mass is 9.98. The summed E-state index contributed by atoms with van der Waals surface area (Å²) in [5.41, 5.74) is 1.94. The van der Waals surface area contributed by atoms with Gasteiger partial charge in [0.2, 0.25) is 0 Å². The Morgan fingerprint density at radius 3 is 2.63 bits per heavy atom.